The minimum atomic E-state index is -0.226. The molecule has 0 N–H and O–H groups in total. The number of amides is 1. The van der Waals surface area contributed by atoms with E-state index in [4.69, 9.17) is 4.74 Å². The maximum absolute atomic E-state index is 13.2. The molecule has 2 aromatic rings. The number of anilines is 1. The molecule has 0 atom stereocenters. The van der Waals surface area contributed by atoms with Crippen molar-refractivity contribution in [3.63, 3.8) is 0 Å². The van der Waals surface area contributed by atoms with E-state index < -0.39 is 0 Å². The monoisotopic (exact) mass is 397 g/mol. The summed E-state index contributed by atoms with van der Waals surface area (Å²) >= 11 is 0. The van der Waals surface area contributed by atoms with Crippen molar-refractivity contribution in [2.75, 3.05) is 44.7 Å². The molecule has 1 aliphatic carbocycles. The zero-order chi connectivity index (χ0) is 20.2. The van der Waals surface area contributed by atoms with Crippen molar-refractivity contribution >= 4 is 11.6 Å². The van der Waals surface area contributed by atoms with Gasteiger partial charge < -0.3 is 14.5 Å². The van der Waals surface area contributed by atoms with Gasteiger partial charge in [-0.25, -0.2) is 4.39 Å². The van der Waals surface area contributed by atoms with Gasteiger partial charge >= 0.3 is 0 Å². The molecule has 1 saturated heterocycles. The van der Waals surface area contributed by atoms with Crippen molar-refractivity contribution in [1.29, 1.82) is 0 Å². The summed E-state index contributed by atoms with van der Waals surface area (Å²) in [7, 11) is 1.69. The summed E-state index contributed by atoms with van der Waals surface area (Å²) in [5, 5.41) is 0. The maximum atomic E-state index is 13.2. The van der Waals surface area contributed by atoms with Crippen LogP contribution in [0.2, 0.25) is 0 Å². The van der Waals surface area contributed by atoms with Gasteiger partial charge in [0.05, 0.1) is 19.3 Å². The van der Waals surface area contributed by atoms with E-state index in [1.54, 1.807) is 19.2 Å². The molecule has 6 heteroatoms. The van der Waals surface area contributed by atoms with Gasteiger partial charge in [-0.05, 0) is 42.7 Å². The van der Waals surface area contributed by atoms with E-state index in [1.165, 1.54) is 12.1 Å². The Morgan fingerprint density at radius 3 is 2.41 bits per heavy atom. The molecular weight excluding hydrogens is 369 g/mol. The van der Waals surface area contributed by atoms with Crippen LogP contribution in [0.3, 0.4) is 0 Å². The molecule has 29 heavy (non-hydrogen) atoms. The molecule has 154 valence electrons. The minimum absolute atomic E-state index is 0.179. The fraction of sp³-hybridized carbons (Fsp3) is 0.435. The molecular formula is C23H28FN3O2. The zero-order valence-corrected chi connectivity index (χ0v) is 16.9. The summed E-state index contributed by atoms with van der Waals surface area (Å²) in [6, 6.07) is 15.1. The molecule has 0 aromatic heterocycles. The summed E-state index contributed by atoms with van der Waals surface area (Å²) in [6.45, 7) is 4.15. The molecule has 0 spiro atoms. The van der Waals surface area contributed by atoms with Crippen molar-refractivity contribution < 1.29 is 13.9 Å². The predicted octanol–water partition coefficient (Wildman–Crippen LogP) is 3.15. The Balaban J connectivity index is 1.33. The number of piperazine rings is 1. The van der Waals surface area contributed by atoms with Crippen molar-refractivity contribution in [3.8, 4) is 5.75 Å². The van der Waals surface area contributed by atoms with Crippen LogP contribution < -0.4 is 9.64 Å². The number of nitrogens with zero attached hydrogens (tertiary/aromatic N) is 3. The SMILES string of the molecule is COc1ccccc1N1CCN(C(=O)CN(Cc2ccc(F)cc2)C2CC2)CC1. The van der Waals surface area contributed by atoms with Crippen LogP contribution >= 0.6 is 0 Å². The first kappa shape index (κ1) is 19.7. The predicted molar refractivity (Wildman–Crippen MR) is 112 cm³/mol. The molecule has 2 aliphatic rings. The van der Waals surface area contributed by atoms with Gasteiger partial charge in [0.25, 0.3) is 0 Å². The summed E-state index contributed by atoms with van der Waals surface area (Å²) in [5.41, 5.74) is 2.13. The van der Waals surface area contributed by atoms with Crippen molar-refractivity contribution in [1.82, 2.24) is 9.80 Å². The van der Waals surface area contributed by atoms with Gasteiger partial charge in [0.15, 0.2) is 0 Å². The van der Waals surface area contributed by atoms with E-state index in [-0.39, 0.29) is 11.7 Å². The molecule has 2 aromatic carbocycles. The van der Waals surface area contributed by atoms with Crippen molar-refractivity contribution in [2.45, 2.75) is 25.4 Å². The number of hydrogen-bond acceptors (Lipinski definition) is 4. The van der Waals surface area contributed by atoms with Crippen molar-refractivity contribution in [3.05, 3.63) is 59.9 Å². The highest BCUT2D eigenvalue weighted by Crippen LogP contribution is 2.30. The number of carbonyl (C=O) groups is 1. The van der Waals surface area contributed by atoms with Crippen molar-refractivity contribution in [2.24, 2.45) is 0 Å². The van der Waals surface area contributed by atoms with Gasteiger partial charge in [-0.15, -0.1) is 0 Å². The largest absolute Gasteiger partial charge is 0.495 e. The lowest BCUT2D eigenvalue weighted by Gasteiger charge is -2.37. The first-order valence-electron chi connectivity index (χ1n) is 10.3. The number of halogens is 1. The van der Waals surface area contributed by atoms with E-state index in [0.717, 1.165) is 42.9 Å². The second-order valence-electron chi connectivity index (χ2n) is 7.80. The average Bonchev–Trinajstić information content (AvgIpc) is 3.60. The fourth-order valence-electron chi connectivity index (χ4n) is 3.94. The quantitative estimate of drug-likeness (QED) is 0.719. The van der Waals surface area contributed by atoms with Crippen LogP contribution in [0.4, 0.5) is 10.1 Å². The number of ether oxygens (including phenoxy) is 1. The van der Waals surface area contributed by atoms with E-state index in [0.29, 0.717) is 32.2 Å². The van der Waals surface area contributed by atoms with Gasteiger partial charge in [0.2, 0.25) is 5.91 Å². The normalized spacial score (nSPS) is 16.9. The van der Waals surface area contributed by atoms with Gasteiger partial charge in [0.1, 0.15) is 11.6 Å². The summed E-state index contributed by atoms with van der Waals surface area (Å²) < 4.78 is 18.6. The Morgan fingerprint density at radius 1 is 1.07 bits per heavy atom. The number of para-hydroxylation sites is 2. The molecule has 5 nitrogen and oxygen atoms in total. The second kappa shape index (κ2) is 8.82. The lowest BCUT2D eigenvalue weighted by Crippen LogP contribution is -2.51. The van der Waals surface area contributed by atoms with Crippen LogP contribution in [0.1, 0.15) is 18.4 Å². The third-order valence-electron chi connectivity index (χ3n) is 5.76. The highest BCUT2D eigenvalue weighted by molar-refractivity contribution is 5.78. The standard InChI is InChI=1S/C23H28FN3O2/c1-29-22-5-3-2-4-21(22)25-12-14-26(15-13-25)23(28)17-27(20-10-11-20)16-18-6-8-19(24)9-7-18/h2-9,20H,10-17H2,1H3. The second-order valence-corrected chi connectivity index (χ2v) is 7.80. The smallest absolute Gasteiger partial charge is 0.236 e. The zero-order valence-electron chi connectivity index (χ0n) is 16.9. The lowest BCUT2D eigenvalue weighted by atomic mass is 10.2. The minimum Gasteiger partial charge on any atom is -0.495 e. The molecule has 0 bridgehead atoms. The van der Waals surface area contributed by atoms with E-state index >= 15 is 0 Å². The molecule has 1 saturated carbocycles. The first-order chi connectivity index (χ1) is 14.1. The topological polar surface area (TPSA) is 36.0 Å². The summed E-state index contributed by atoms with van der Waals surface area (Å²) in [4.78, 5) is 19.4. The Hall–Kier alpha value is -2.60. The molecule has 2 fully saturated rings. The highest BCUT2D eigenvalue weighted by Gasteiger charge is 2.32. The first-order valence-corrected chi connectivity index (χ1v) is 10.3. The van der Waals surface area contributed by atoms with Crippen LogP contribution in [-0.2, 0) is 11.3 Å². The van der Waals surface area contributed by atoms with Crippen LogP contribution in [-0.4, -0.2) is 61.6 Å². The van der Waals surface area contributed by atoms with Gasteiger partial charge in [-0.1, -0.05) is 24.3 Å². The van der Waals surface area contributed by atoms with Crippen LogP contribution in [0.25, 0.3) is 0 Å². The lowest BCUT2D eigenvalue weighted by molar-refractivity contribution is -0.133. The Labute approximate surface area is 171 Å². The number of hydrogen-bond donors (Lipinski definition) is 0. The molecule has 1 heterocycles. The number of methoxy groups -OCH3 is 1. The maximum Gasteiger partial charge on any atom is 0.236 e. The Bertz CT molecular complexity index is 830. The van der Waals surface area contributed by atoms with Gasteiger partial charge in [-0.2, -0.15) is 0 Å². The number of rotatable bonds is 7. The van der Waals surface area contributed by atoms with E-state index in [9.17, 15) is 9.18 Å². The fourth-order valence-corrected chi connectivity index (χ4v) is 3.94. The van der Waals surface area contributed by atoms with Crippen LogP contribution in [0.15, 0.2) is 48.5 Å². The molecule has 0 unspecified atom stereocenters. The summed E-state index contributed by atoms with van der Waals surface area (Å²) in [6.07, 6.45) is 2.27. The molecule has 1 aliphatic heterocycles. The third-order valence-corrected chi connectivity index (χ3v) is 5.76. The Kier molecular flexibility index (Phi) is 6.00. The Morgan fingerprint density at radius 2 is 1.76 bits per heavy atom. The molecule has 0 radical (unpaired) electrons. The van der Waals surface area contributed by atoms with Gasteiger partial charge in [0, 0.05) is 38.8 Å². The van der Waals surface area contributed by atoms with Crippen LogP contribution in [0.5, 0.6) is 5.75 Å². The van der Waals surface area contributed by atoms with E-state index in [1.807, 2.05) is 23.1 Å². The summed E-state index contributed by atoms with van der Waals surface area (Å²) in [5.74, 6) is 0.820. The van der Waals surface area contributed by atoms with E-state index in [2.05, 4.69) is 15.9 Å². The van der Waals surface area contributed by atoms with Crippen LogP contribution in [0, 0.1) is 5.82 Å². The third kappa shape index (κ3) is 4.88. The number of carbonyl (C=O) groups excluding carboxylic acids is 1. The highest BCUT2D eigenvalue weighted by atomic mass is 19.1. The molecule has 1 amide bonds. The number of benzene rings is 2. The van der Waals surface area contributed by atoms with Gasteiger partial charge in [-0.3, -0.25) is 9.69 Å². The molecule has 4 rings (SSSR count). The average molecular weight is 397 g/mol.